The molecule has 2 aromatic carbocycles. The lowest BCUT2D eigenvalue weighted by molar-refractivity contribution is -0.385. The van der Waals surface area contributed by atoms with Gasteiger partial charge in [0.2, 0.25) is 0 Å². The van der Waals surface area contributed by atoms with E-state index in [4.69, 9.17) is 9.47 Å². The van der Waals surface area contributed by atoms with Gasteiger partial charge in [-0.3, -0.25) is 19.7 Å². The van der Waals surface area contributed by atoms with Crippen molar-refractivity contribution in [1.29, 1.82) is 0 Å². The minimum Gasteiger partial charge on any atom is -0.465 e. The largest absolute Gasteiger partial charge is 0.465 e. The SMILES string of the molecule is COC(=O)c1ccccc1NC(=O)c1sc(NC(=O)c2ccc(C)c([N+](=O)[O-])c2)c(C(=O)OC)c1C. The first-order valence-corrected chi connectivity index (χ1v) is 11.2. The zero-order chi connectivity index (χ0) is 26.6. The van der Waals surface area contributed by atoms with Gasteiger partial charge >= 0.3 is 11.9 Å². The molecule has 0 unspecified atom stereocenters. The van der Waals surface area contributed by atoms with Crippen molar-refractivity contribution >= 4 is 51.5 Å². The Labute approximate surface area is 209 Å². The predicted octanol–water partition coefficient (Wildman–Crippen LogP) is 4.35. The van der Waals surface area contributed by atoms with E-state index in [2.05, 4.69) is 10.6 Å². The van der Waals surface area contributed by atoms with Crippen molar-refractivity contribution in [3.05, 3.63) is 85.3 Å². The highest BCUT2D eigenvalue weighted by Crippen LogP contribution is 2.35. The molecule has 2 amide bonds. The normalized spacial score (nSPS) is 10.3. The Kier molecular flexibility index (Phi) is 7.80. The Morgan fingerprint density at radius 1 is 0.917 bits per heavy atom. The van der Waals surface area contributed by atoms with Gasteiger partial charge in [0.1, 0.15) is 5.00 Å². The molecular formula is C24H21N3O8S. The summed E-state index contributed by atoms with van der Waals surface area (Å²) in [5.41, 5.74) is 0.665. The van der Waals surface area contributed by atoms with Crippen LogP contribution in [-0.2, 0) is 9.47 Å². The highest BCUT2D eigenvalue weighted by atomic mass is 32.1. The van der Waals surface area contributed by atoms with Gasteiger partial charge in [-0.2, -0.15) is 0 Å². The first-order valence-electron chi connectivity index (χ1n) is 10.4. The number of anilines is 2. The number of nitrogens with one attached hydrogen (secondary N) is 2. The van der Waals surface area contributed by atoms with Crippen LogP contribution in [0.3, 0.4) is 0 Å². The zero-order valence-electron chi connectivity index (χ0n) is 19.7. The van der Waals surface area contributed by atoms with Crippen LogP contribution in [0.4, 0.5) is 16.4 Å². The Morgan fingerprint density at radius 3 is 2.22 bits per heavy atom. The molecule has 1 aromatic heterocycles. The smallest absolute Gasteiger partial charge is 0.341 e. The molecule has 0 atom stereocenters. The topological polar surface area (TPSA) is 154 Å². The summed E-state index contributed by atoms with van der Waals surface area (Å²) in [6, 6.07) is 10.2. The third kappa shape index (κ3) is 5.23. The number of rotatable bonds is 7. The van der Waals surface area contributed by atoms with Gasteiger partial charge in [0.15, 0.2) is 0 Å². The van der Waals surface area contributed by atoms with Gasteiger partial charge in [0, 0.05) is 17.2 Å². The molecule has 0 fully saturated rings. The number of carbonyl (C=O) groups excluding carboxylic acids is 4. The number of aryl methyl sites for hydroxylation is 1. The monoisotopic (exact) mass is 511 g/mol. The molecule has 3 aromatic rings. The fourth-order valence-electron chi connectivity index (χ4n) is 3.35. The predicted molar refractivity (Wildman–Crippen MR) is 132 cm³/mol. The van der Waals surface area contributed by atoms with Gasteiger partial charge in [-0.1, -0.05) is 18.2 Å². The summed E-state index contributed by atoms with van der Waals surface area (Å²) < 4.78 is 9.56. The molecule has 0 aliphatic rings. The minimum absolute atomic E-state index is 0.00724. The number of methoxy groups -OCH3 is 2. The van der Waals surface area contributed by atoms with Crippen molar-refractivity contribution in [1.82, 2.24) is 0 Å². The standard InChI is InChI=1S/C24H21N3O8S/c1-12-9-10-14(11-17(12)27(32)33)20(28)26-22-18(24(31)35-4)13(2)19(36-22)21(29)25-16-8-6-5-7-15(16)23(30)34-3/h5-11H,1-4H3,(H,25,29)(H,26,28). The Balaban J connectivity index is 1.97. The van der Waals surface area contributed by atoms with Crippen molar-refractivity contribution in [2.75, 3.05) is 24.9 Å². The summed E-state index contributed by atoms with van der Waals surface area (Å²) >= 11 is 0.819. The number of thiophene rings is 1. The molecule has 36 heavy (non-hydrogen) atoms. The number of nitro groups is 1. The number of hydrogen-bond donors (Lipinski definition) is 2. The van der Waals surface area contributed by atoms with Crippen molar-refractivity contribution < 1.29 is 33.6 Å². The second-order valence-corrected chi connectivity index (χ2v) is 8.48. The molecule has 0 bridgehead atoms. The molecule has 0 radical (unpaired) electrons. The molecule has 0 spiro atoms. The van der Waals surface area contributed by atoms with E-state index >= 15 is 0 Å². The molecule has 2 N–H and O–H groups in total. The number of para-hydroxylation sites is 1. The van der Waals surface area contributed by atoms with Crippen LogP contribution >= 0.6 is 11.3 Å². The summed E-state index contributed by atoms with van der Waals surface area (Å²) in [5, 5.41) is 16.4. The highest BCUT2D eigenvalue weighted by Gasteiger charge is 2.28. The van der Waals surface area contributed by atoms with Crippen LogP contribution in [-0.4, -0.2) is 42.9 Å². The van der Waals surface area contributed by atoms with E-state index < -0.39 is 28.7 Å². The lowest BCUT2D eigenvalue weighted by Crippen LogP contribution is -2.16. The van der Waals surface area contributed by atoms with Crippen molar-refractivity contribution in [2.24, 2.45) is 0 Å². The first kappa shape index (κ1) is 26.0. The molecule has 186 valence electrons. The summed E-state index contributed by atoms with van der Waals surface area (Å²) in [5.74, 6) is -2.79. The van der Waals surface area contributed by atoms with E-state index in [1.54, 1.807) is 19.1 Å². The van der Waals surface area contributed by atoms with Gasteiger partial charge in [0.05, 0.1) is 40.8 Å². The van der Waals surface area contributed by atoms with Crippen LogP contribution in [0.25, 0.3) is 0 Å². The van der Waals surface area contributed by atoms with Gasteiger partial charge in [-0.25, -0.2) is 9.59 Å². The van der Waals surface area contributed by atoms with Crippen LogP contribution < -0.4 is 10.6 Å². The van der Waals surface area contributed by atoms with Crippen molar-refractivity contribution in [2.45, 2.75) is 13.8 Å². The number of nitrogens with zero attached hydrogens (tertiary/aromatic N) is 1. The van der Waals surface area contributed by atoms with Crippen molar-refractivity contribution in [3.8, 4) is 0 Å². The number of ether oxygens (including phenoxy) is 2. The Hall–Kier alpha value is -4.58. The Morgan fingerprint density at radius 2 is 1.58 bits per heavy atom. The molecule has 0 saturated carbocycles. The molecule has 0 aliphatic carbocycles. The summed E-state index contributed by atoms with van der Waals surface area (Å²) in [7, 11) is 2.37. The number of nitro benzene ring substituents is 1. The number of carbonyl (C=O) groups is 4. The maximum Gasteiger partial charge on any atom is 0.341 e. The van der Waals surface area contributed by atoms with E-state index in [0.717, 1.165) is 24.5 Å². The van der Waals surface area contributed by atoms with Crippen LogP contribution in [0.5, 0.6) is 0 Å². The average molecular weight is 512 g/mol. The lowest BCUT2D eigenvalue weighted by atomic mass is 10.1. The van der Waals surface area contributed by atoms with Crippen LogP contribution in [0, 0.1) is 24.0 Å². The van der Waals surface area contributed by atoms with Gasteiger partial charge < -0.3 is 20.1 Å². The second-order valence-electron chi connectivity index (χ2n) is 7.46. The molecule has 12 heteroatoms. The molecular weight excluding hydrogens is 490 g/mol. The van der Waals surface area contributed by atoms with Crippen LogP contribution in [0.1, 0.15) is 51.9 Å². The van der Waals surface area contributed by atoms with E-state index in [9.17, 15) is 29.3 Å². The third-order valence-corrected chi connectivity index (χ3v) is 6.42. The highest BCUT2D eigenvalue weighted by molar-refractivity contribution is 7.19. The average Bonchev–Trinajstić information content (AvgIpc) is 3.18. The van der Waals surface area contributed by atoms with Gasteiger partial charge in [0.25, 0.3) is 17.5 Å². The second kappa shape index (κ2) is 10.8. The van der Waals surface area contributed by atoms with Crippen LogP contribution in [0.2, 0.25) is 0 Å². The molecule has 3 rings (SSSR count). The van der Waals surface area contributed by atoms with Crippen molar-refractivity contribution in [3.63, 3.8) is 0 Å². The fraction of sp³-hybridized carbons (Fsp3) is 0.167. The maximum atomic E-state index is 13.1. The quantitative estimate of drug-likeness (QED) is 0.270. The number of esters is 2. The number of amides is 2. The summed E-state index contributed by atoms with van der Waals surface area (Å²) in [6.45, 7) is 3.05. The zero-order valence-corrected chi connectivity index (χ0v) is 20.5. The molecule has 11 nitrogen and oxygen atoms in total. The number of benzene rings is 2. The first-order chi connectivity index (χ1) is 17.1. The third-order valence-electron chi connectivity index (χ3n) is 5.22. The van der Waals surface area contributed by atoms with Crippen LogP contribution in [0.15, 0.2) is 42.5 Å². The Bertz CT molecular complexity index is 1400. The molecule has 0 aliphatic heterocycles. The van der Waals surface area contributed by atoms with E-state index in [1.165, 1.54) is 38.3 Å². The van der Waals surface area contributed by atoms with Gasteiger partial charge in [-0.05, 0) is 37.6 Å². The van der Waals surface area contributed by atoms with E-state index in [-0.39, 0.29) is 43.5 Å². The fourth-order valence-corrected chi connectivity index (χ4v) is 4.43. The van der Waals surface area contributed by atoms with Gasteiger partial charge in [-0.15, -0.1) is 11.3 Å². The lowest BCUT2D eigenvalue weighted by Gasteiger charge is -2.09. The van der Waals surface area contributed by atoms with E-state index in [1.807, 2.05) is 0 Å². The minimum atomic E-state index is -0.789. The van der Waals surface area contributed by atoms with E-state index in [0.29, 0.717) is 5.56 Å². The summed E-state index contributed by atoms with van der Waals surface area (Å²) in [6.07, 6.45) is 0. The number of hydrogen-bond acceptors (Lipinski definition) is 9. The summed E-state index contributed by atoms with van der Waals surface area (Å²) in [4.78, 5) is 61.2. The maximum absolute atomic E-state index is 13.1. The molecule has 1 heterocycles. The molecule has 0 saturated heterocycles.